The van der Waals surface area contributed by atoms with E-state index in [4.69, 9.17) is 13.7 Å². The molecule has 0 aromatic heterocycles. The van der Waals surface area contributed by atoms with Gasteiger partial charge in [0.05, 0.1) is 7.11 Å². The average molecular weight is 485 g/mol. The lowest BCUT2D eigenvalue weighted by Crippen LogP contribution is -2.15. The van der Waals surface area contributed by atoms with Gasteiger partial charge in [-0.2, -0.15) is 8.42 Å². The lowest BCUT2D eigenvalue weighted by Gasteiger charge is -2.20. The van der Waals surface area contributed by atoms with Crippen molar-refractivity contribution in [3.8, 4) is 11.5 Å². The number of fused-ring (bicyclic) bond motifs is 1. The van der Waals surface area contributed by atoms with Crippen molar-refractivity contribution in [3.05, 3.63) is 63.2 Å². The molecule has 0 spiro atoms. The van der Waals surface area contributed by atoms with Crippen LogP contribution < -0.4 is 8.92 Å². The van der Waals surface area contributed by atoms with Crippen molar-refractivity contribution in [2.45, 2.75) is 58.0 Å². The topological polar surface area (TPSA) is 96.0 Å². The lowest BCUT2D eigenvalue weighted by atomic mass is 9.92. The van der Waals surface area contributed by atoms with Crippen molar-refractivity contribution in [1.82, 2.24) is 0 Å². The molecule has 1 aliphatic heterocycles. The maximum Gasteiger partial charge on any atom is 0.342 e. The van der Waals surface area contributed by atoms with Gasteiger partial charge in [-0.05, 0) is 57.2 Å². The molecule has 180 valence electrons. The summed E-state index contributed by atoms with van der Waals surface area (Å²) in [6.45, 7) is 5.72. The highest BCUT2D eigenvalue weighted by Crippen LogP contribution is 2.46. The van der Waals surface area contributed by atoms with Gasteiger partial charge in [0, 0.05) is 24.0 Å². The third kappa shape index (κ3) is 4.22. The summed E-state index contributed by atoms with van der Waals surface area (Å²) in [4.78, 5) is 23.8. The first-order chi connectivity index (χ1) is 16.2. The highest BCUT2D eigenvalue weighted by atomic mass is 32.2. The van der Waals surface area contributed by atoms with Crippen molar-refractivity contribution < 1.29 is 31.7 Å². The zero-order chi connectivity index (χ0) is 24.6. The molecule has 2 aliphatic rings. The van der Waals surface area contributed by atoms with Crippen LogP contribution in [0.4, 0.5) is 0 Å². The highest BCUT2D eigenvalue weighted by Gasteiger charge is 2.36. The highest BCUT2D eigenvalue weighted by molar-refractivity contribution is 7.87. The van der Waals surface area contributed by atoms with E-state index in [-0.39, 0.29) is 28.7 Å². The molecular weight excluding hydrogens is 456 g/mol. The number of carbonyl (C=O) groups is 2. The molecule has 4 rings (SSSR count). The van der Waals surface area contributed by atoms with E-state index in [0.717, 1.165) is 41.4 Å². The zero-order valence-corrected chi connectivity index (χ0v) is 20.6. The Balaban J connectivity index is 1.88. The van der Waals surface area contributed by atoms with Crippen LogP contribution in [0.3, 0.4) is 0 Å². The van der Waals surface area contributed by atoms with E-state index in [0.29, 0.717) is 29.7 Å². The van der Waals surface area contributed by atoms with E-state index in [1.165, 1.54) is 19.2 Å². The molecule has 2 aromatic carbocycles. The van der Waals surface area contributed by atoms with Gasteiger partial charge in [0.2, 0.25) is 0 Å². The number of hydrogen-bond donors (Lipinski definition) is 0. The SMILES string of the molecule is COc1c(C)c2c(c(OS(=O)(=O)c3ccc(C)cc3)c1CC1=C(C)C(CC=O)CC1)C(=O)OC2. The number of esters is 1. The number of allylic oxidation sites excluding steroid dienone is 2. The van der Waals surface area contributed by atoms with Crippen LogP contribution in [0.2, 0.25) is 0 Å². The number of ether oxygens (including phenoxy) is 2. The van der Waals surface area contributed by atoms with Crippen LogP contribution in [-0.2, 0) is 32.7 Å². The smallest absolute Gasteiger partial charge is 0.342 e. The molecule has 7 nitrogen and oxygen atoms in total. The molecule has 0 fully saturated rings. The first-order valence-corrected chi connectivity index (χ1v) is 12.6. The summed E-state index contributed by atoms with van der Waals surface area (Å²) in [6, 6.07) is 6.32. The summed E-state index contributed by atoms with van der Waals surface area (Å²) < 4.78 is 43.1. The summed E-state index contributed by atoms with van der Waals surface area (Å²) in [7, 11) is -2.71. The van der Waals surface area contributed by atoms with E-state index in [1.54, 1.807) is 12.1 Å². The van der Waals surface area contributed by atoms with E-state index in [2.05, 4.69) is 0 Å². The molecule has 0 saturated carbocycles. The summed E-state index contributed by atoms with van der Waals surface area (Å²) >= 11 is 0. The van der Waals surface area contributed by atoms with Crippen LogP contribution in [0.5, 0.6) is 11.5 Å². The summed E-state index contributed by atoms with van der Waals surface area (Å²) in [5.41, 5.74) is 5.03. The Hall–Kier alpha value is -3.13. The Morgan fingerprint density at radius 2 is 1.82 bits per heavy atom. The lowest BCUT2D eigenvalue weighted by molar-refractivity contribution is -0.108. The molecule has 1 atom stereocenters. The second kappa shape index (κ2) is 9.25. The number of benzene rings is 2. The summed E-state index contributed by atoms with van der Waals surface area (Å²) in [5, 5.41) is 0. The molecule has 0 amide bonds. The van der Waals surface area contributed by atoms with Gasteiger partial charge in [-0.25, -0.2) is 4.79 Å². The molecule has 1 heterocycles. The predicted octanol–water partition coefficient (Wildman–Crippen LogP) is 4.61. The number of cyclic esters (lactones) is 1. The molecule has 8 heteroatoms. The second-order valence-electron chi connectivity index (χ2n) is 8.85. The third-order valence-electron chi connectivity index (χ3n) is 6.86. The minimum Gasteiger partial charge on any atom is -0.496 e. The number of rotatable bonds is 8. The van der Waals surface area contributed by atoms with Crippen molar-refractivity contribution in [1.29, 1.82) is 0 Å². The molecule has 34 heavy (non-hydrogen) atoms. The number of methoxy groups -OCH3 is 1. The maximum absolute atomic E-state index is 13.2. The van der Waals surface area contributed by atoms with E-state index in [9.17, 15) is 18.0 Å². The van der Waals surface area contributed by atoms with Crippen LogP contribution in [0.1, 0.15) is 58.8 Å². The fraction of sp³-hybridized carbons (Fsp3) is 0.385. The number of aldehydes is 1. The average Bonchev–Trinajstić information content (AvgIpc) is 3.35. The minimum absolute atomic E-state index is 0.00832. The van der Waals surface area contributed by atoms with Gasteiger partial charge in [0.1, 0.15) is 29.1 Å². The van der Waals surface area contributed by atoms with Crippen molar-refractivity contribution in [2.24, 2.45) is 5.92 Å². The quantitative estimate of drug-likeness (QED) is 0.234. The fourth-order valence-corrected chi connectivity index (χ4v) is 5.81. The Morgan fingerprint density at radius 1 is 1.12 bits per heavy atom. The predicted molar refractivity (Wildman–Crippen MR) is 126 cm³/mol. The zero-order valence-electron chi connectivity index (χ0n) is 19.8. The third-order valence-corrected chi connectivity index (χ3v) is 8.10. The Bertz CT molecular complexity index is 1290. The Labute approximate surface area is 199 Å². The van der Waals surface area contributed by atoms with Crippen molar-refractivity contribution in [2.75, 3.05) is 7.11 Å². The number of carbonyl (C=O) groups excluding carboxylic acids is 2. The Morgan fingerprint density at radius 3 is 2.47 bits per heavy atom. The van der Waals surface area contributed by atoms with Crippen LogP contribution >= 0.6 is 0 Å². The van der Waals surface area contributed by atoms with Gasteiger partial charge in [0.25, 0.3) is 0 Å². The van der Waals surface area contributed by atoms with Gasteiger partial charge >= 0.3 is 16.1 Å². The van der Waals surface area contributed by atoms with Crippen LogP contribution in [0, 0.1) is 19.8 Å². The molecule has 1 unspecified atom stereocenters. The fourth-order valence-electron chi connectivity index (χ4n) is 4.84. The van der Waals surface area contributed by atoms with Gasteiger partial charge in [-0.1, -0.05) is 28.8 Å². The standard InChI is InChI=1S/C26H28O7S/c1-15-5-9-20(10-6-15)34(29,30)33-25-21(13-19-8-7-18(11-12-27)16(19)2)24(31-4)17(3)22-14-32-26(28)23(22)25/h5-6,9-10,12,18H,7-8,11,13-14H2,1-4H3. The molecule has 2 aromatic rings. The first-order valence-electron chi connectivity index (χ1n) is 11.2. The maximum atomic E-state index is 13.2. The van der Waals surface area contributed by atoms with Crippen molar-refractivity contribution in [3.63, 3.8) is 0 Å². The number of aryl methyl sites for hydroxylation is 1. The second-order valence-corrected chi connectivity index (χ2v) is 10.4. The van der Waals surface area contributed by atoms with Crippen LogP contribution in [-0.4, -0.2) is 27.8 Å². The summed E-state index contributed by atoms with van der Waals surface area (Å²) in [6.07, 6.45) is 3.36. The normalized spacial score (nSPS) is 17.5. The van der Waals surface area contributed by atoms with E-state index < -0.39 is 16.1 Å². The minimum atomic E-state index is -4.23. The van der Waals surface area contributed by atoms with Crippen LogP contribution in [0.15, 0.2) is 40.3 Å². The summed E-state index contributed by atoms with van der Waals surface area (Å²) in [5.74, 6) is -0.0170. The first kappa shape index (κ1) is 24.0. The van der Waals surface area contributed by atoms with E-state index >= 15 is 0 Å². The van der Waals surface area contributed by atoms with E-state index in [1.807, 2.05) is 20.8 Å². The van der Waals surface area contributed by atoms with Gasteiger partial charge in [0.15, 0.2) is 5.75 Å². The van der Waals surface area contributed by atoms with Gasteiger partial charge in [-0.15, -0.1) is 0 Å². The van der Waals surface area contributed by atoms with Gasteiger partial charge < -0.3 is 18.5 Å². The molecule has 0 bridgehead atoms. The Kier molecular flexibility index (Phi) is 6.53. The molecule has 0 N–H and O–H groups in total. The monoisotopic (exact) mass is 484 g/mol. The van der Waals surface area contributed by atoms with Crippen LogP contribution in [0.25, 0.3) is 0 Å². The number of hydrogen-bond acceptors (Lipinski definition) is 7. The molecule has 0 radical (unpaired) electrons. The van der Waals surface area contributed by atoms with Gasteiger partial charge in [-0.3, -0.25) is 0 Å². The van der Waals surface area contributed by atoms with Crippen molar-refractivity contribution >= 4 is 22.4 Å². The molecule has 0 saturated heterocycles. The molecular formula is C26H28O7S. The largest absolute Gasteiger partial charge is 0.496 e. The molecule has 1 aliphatic carbocycles.